The van der Waals surface area contributed by atoms with E-state index in [2.05, 4.69) is 6.92 Å². The topological polar surface area (TPSA) is 33.0 Å². The van der Waals surface area contributed by atoms with Crippen LogP contribution in [0.4, 0.5) is 26.3 Å². The molecule has 0 amide bonds. The van der Waals surface area contributed by atoms with Gasteiger partial charge >= 0.3 is 6.11 Å². The summed E-state index contributed by atoms with van der Waals surface area (Å²) in [5.41, 5.74) is 1.04. The number of alkyl halides is 2. The van der Waals surface area contributed by atoms with Crippen molar-refractivity contribution >= 4 is 0 Å². The lowest BCUT2D eigenvalue weighted by Gasteiger charge is -2.31. The molecule has 1 aliphatic carbocycles. The lowest BCUT2D eigenvalue weighted by molar-refractivity contribution is -0.277. The summed E-state index contributed by atoms with van der Waals surface area (Å²) in [6.45, 7) is 2.12. The van der Waals surface area contributed by atoms with E-state index in [0.717, 1.165) is 55.0 Å². The Labute approximate surface area is 259 Å². The summed E-state index contributed by atoms with van der Waals surface area (Å²) in [6, 6.07) is 18.0. The van der Waals surface area contributed by atoms with E-state index in [9.17, 15) is 17.6 Å². The van der Waals surface area contributed by atoms with Crippen LogP contribution in [0.3, 0.4) is 0 Å². The van der Waals surface area contributed by atoms with Crippen LogP contribution in [0.25, 0.3) is 22.3 Å². The Balaban J connectivity index is 1.21. The minimum atomic E-state index is -3.40. The predicted octanol–water partition coefficient (Wildman–Crippen LogP) is 11.0. The van der Waals surface area contributed by atoms with Gasteiger partial charge in [0, 0.05) is 11.1 Å². The summed E-state index contributed by atoms with van der Waals surface area (Å²) in [7, 11) is 0. The number of hydrogen-bond donors (Lipinski definition) is 0. The van der Waals surface area contributed by atoms with Crippen LogP contribution in [0, 0.1) is 34.6 Å². The number of nitrogens with zero attached hydrogens (tertiary/aromatic N) is 1. The molecular formula is C37H33F6NO. The van der Waals surface area contributed by atoms with E-state index in [1.54, 1.807) is 24.3 Å². The normalized spacial score (nSPS) is 16.8. The molecule has 0 N–H and O–H groups in total. The second kappa shape index (κ2) is 13.9. The van der Waals surface area contributed by atoms with E-state index in [4.69, 9.17) is 10.00 Å². The Morgan fingerprint density at radius 1 is 0.733 bits per heavy atom. The molecule has 0 aliphatic heterocycles. The van der Waals surface area contributed by atoms with Crippen LogP contribution in [0.1, 0.15) is 80.0 Å². The molecule has 4 aromatic carbocycles. The summed E-state index contributed by atoms with van der Waals surface area (Å²) < 4.78 is 93.5. The number of hydrogen-bond acceptors (Lipinski definition) is 2. The van der Waals surface area contributed by atoms with Crippen LogP contribution in [-0.4, -0.2) is 6.10 Å². The lowest BCUT2D eigenvalue weighted by Crippen LogP contribution is -2.29. The first kappa shape index (κ1) is 32.3. The Kier molecular flexibility index (Phi) is 9.99. The largest absolute Gasteiger partial charge is 0.383 e. The van der Waals surface area contributed by atoms with Gasteiger partial charge in [0.25, 0.3) is 0 Å². The number of ether oxygens (including phenoxy) is 1. The first-order valence-electron chi connectivity index (χ1n) is 15.2. The monoisotopic (exact) mass is 621 g/mol. The van der Waals surface area contributed by atoms with Crippen LogP contribution in [0.5, 0.6) is 0 Å². The summed E-state index contributed by atoms with van der Waals surface area (Å²) in [5, 5.41) is 8.86. The Morgan fingerprint density at radius 3 is 1.93 bits per heavy atom. The van der Waals surface area contributed by atoms with E-state index in [1.807, 2.05) is 0 Å². The minimum Gasteiger partial charge on any atom is -0.313 e. The standard InChI is InChI=1S/C37H33F6NO/c1-2-3-4-5-23-6-12-28(13-7-23)37(42,43)45-29-14-8-24(9-15-29)25-10-16-30(33(38)18-25)26-11-17-31(34(39)19-26)27-20-35(40)32(22-44)36(41)21-27/h6-7,10-13,16-21,24,29H,2-5,8-9,14-15H2,1H3. The van der Waals surface area contributed by atoms with Gasteiger partial charge in [-0.2, -0.15) is 14.0 Å². The quantitative estimate of drug-likeness (QED) is 0.130. The molecular weight excluding hydrogens is 588 g/mol. The van der Waals surface area contributed by atoms with E-state index >= 15 is 8.78 Å². The average Bonchev–Trinajstić information content (AvgIpc) is 3.01. The summed E-state index contributed by atoms with van der Waals surface area (Å²) in [5.74, 6) is -3.62. The highest BCUT2D eigenvalue weighted by atomic mass is 19.3. The van der Waals surface area contributed by atoms with E-state index < -0.39 is 41.0 Å². The van der Waals surface area contributed by atoms with Crippen molar-refractivity contribution in [2.45, 2.75) is 76.4 Å². The Bertz CT molecular complexity index is 1660. The highest BCUT2D eigenvalue weighted by Gasteiger charge is 2.37. The third kappa shape index (κ3) is 7.42. The first-order chi connectivity index (χ1) is 21.6. The molecule has 0 spiro atoms. The van der Waals surface area contributed by atoms with Crippen LogP contribution in [0.15, 0.2) is 72.8 Å². The summed E-state index contributed by atoms with van der Waals surface area (Å²) in [6.07, 6.45) is 1.98. The van der Waals surface area contributed by atoms with Crippen LogP contribution in [-0.2, 0) is 17.3 Å². The molecule has 8 heteroatoms. The number of benzene rings is 4. The third-order valence-corrected chi connectivity index (χ3v) is 8.56. The lowest BCUT2D eigenvalue weighted by atomic mass is 9.82. The van der Waals surface area contributed by atoms with Gasteiger partial charge in [-0.1, -0.05) is 68.3 Å². The van der Waals surface area contributed by atoms with Gasteiger partial charge in [0.1, 0.15) is 34.9 Å². The second-order valence-corrected chi connectivity index (χ2v) is 11.6. The Morgan fingerprint density at radius 2 is 1.33 bits per heavy atom. The predicted molar refractivity (Wildman–Crippen MR) is 162 cm³/mol. The second-order valence-electron chi connectivity index (χ2n) is 11.6. The molecule has 1 saturated carbocycles. The van der Waals surface area contributed by atoms with Crippen molar-refractivity contribution in [3.63, 3.8) is 0 Å². The van der Waals surface area contributed by atoms with Crippen molar-refractivity contribution in [2.75, 3.05) is 0 Å². The highest BCUT2D eigenvalue weighted by molar-refractivity contribution is 5.72. The number of halogens is 6. The molecule has 4 aromatic rings. The van der Waals surface area contributed by atoms with Crippen molar-refractivity contribution in [1.82, 2.24) is 0 Å². The molecule has 2 nitrogen and oxygen atoms in total. The molecule has 5 rings (SSSR count). The Hall–Kier alpha value is -4.09. The molecule has 45 heavy (non-hydrogen) atoms. The number of rotatable bonds is 10. The molecule has 234 valence electrons. The van der Waals surface area contributed by atoms with Crippen molar-refractivity contribution < 1.29 is 31.1 Å². The van der Waals surface area contributed by atoms with E-state index in [0.29, 0.717) is 25.7 Å². The van der Waals surface area contributed by atoms with Gasteiger partial charge in [0.15, 0.2) is 0 Å². The number of unbranched alkanes of at least 4 members (excludes halogenated alkanes) is 2. The van der Waals surface area contributed by atoms with E-state index in [-0.39, 0.29) is 33.7 Å². The summed E-state index contributed by atoms with van der Waals surface area (Å²) >= 11 is 0. The van der Waals surface area contributed by atoms with Crippen molar-refractivity contribution in [3.05, 3.63) is 118 Å². The van der Waals surface area contributed by atoms with Crippen LogP contribution in [0.2, 0.25) is 0 Å². The smallest absolute Gasteiger partial charge is 0.313 e. The summed E-state index contributed by atoms with van der Waals surface area (Å²) in [4.78, 5) is 0. The van der Waals surface area contributed by atoms with E-state index in [1.165, 1.54) is 36.4 Å². The van der Waals surface area contributed by atoms with Gasteiger partial charge in [-0.3, -0.25) is 0 Å². The molecule has 0 radical (unpaired) electrons. The highest BCUT2D eigenvalue weighted by Crippen LogP contribution is 2.40. The number of nitriles is 1. The molecule has 0 aromatic heterocycles. The van der Waals surface area contributed by atoms with Gasteiger partial charge in [-0.25, -0.2) is 17.6 Å². The van der Waals surface area contributed by atoms with Crippen molar-refractivity contribution in [1.29, 1.82) is 5.26 Å². The third-order valence-electron chi connectivity index (χ3n) is 8.56. The minimum absolute atomic E-state index is 0.0373. The molecule has 0 bridgehead atoms. The van der Waals surface area contributed by atoms with Gasteiger partial charge < -0.3 is 4.74 Å². The maximum absolute atomic E-state index is 15.3. The van der Waals surface area contributed by atoms with Crippen LogP contribution >= 0.6 is 0 Å². The van der Waals surface area contributed by atoms with Crippen molar-refractivity contribution in [3.8, 4) is 28.3 Å². The molecule has 0 saturated heterocycles. The fourth-order valence-electron chi connectivity index (χ4n) is 6.01. The molecule has 0 heterocycles. The molecule has 1 aliphatic rings. The van der Waals surface area contributed by atoms with Gasteiger partial charge in [0.2, 0.25) is 0 Å². The zero-order valence-corrected chi connectivity index (χ0v) is 24.9. The van der Waals surface area contributed by atoms with Gasteiger partial charge in [-0.05, 0) is 91.0 Å². The zero-order valence-electron chi connectivity index (χ0n) is 24.9. The number of aryl methyl sites for hydroxylation is 1. The maximum Gasteiger partial charge on any atom is 0.383 e. The first-order valence-corrected chi connectivity index (χ1v) is 15.2. The fourth-order valence-corrected chi connectivity index (χ4v) is 6.01. The molecule has 1 fully saturated rings. The average molecular weight is 622 g/mol. The van der Waals surface area contributed by atoms with Crippen molar-refractivity contribution in [2.24, 2.45) is 0 Å². The van der Waals surface area contributed by atoms with Gasteiger partial charge in [-0.15, -0.1) is 0 Å². The molecule has 0 atom stereocenters. The van der Waals surface area contributed by atoms with Gasteiger partial charge in [0.05, 0.1) is 11.7 Å². The SMILES string of the molecule is CCCCCc1ccc(C(F)(F)OC2CCC(c3ccc(-c4ccc(-c5cc(F)c(C#N)c(F)c5)c(F)c4)c(F)c3)CC2)cc1. The van der Waals surface area contributed by atoms with Crippen LogP contribution < -0.4 is 0 Å². The fraction of sp³-hybridized carbons (Fsp3) is 0.324. The maximum atomic E-state index is 15.3. The molecule has 0 unspecified atom stereocenters. The zero-order chi connectivity index (χ0) is 32.1.